The third-order valence-corrected chi connectivity index (χ3v) is 4.83. The van der Waals surface area contributed by atoms with Crippen molar-refractivity contribution in [1.82, 2.24) is 24.9 Å². The summed E-state index contributed by atoms with van der Waals surface area (Å²) in [7, 11) is 0. The van der Waals surface area contributed by atoms with Crippen LogP contribution in [0.4, 0.5) is 0 Å². The quantitative estimate of drug-likeness (QED) is 0.555. The first kappa shape index (κ1) is 19.2. The number of ether oxygens (including phenoxy) is 1. The highest BCUT2D eigenvalue weighted by atomic mass is 79.9. The number of para-hydroxylation sites is 1. The summed E-state index contributed by atoms with van der Waals surface area (Å²) in [6.45, 7) is 5.49. The van der Waals surface area contributed by atoms with Crippen LogP contribution in [0.2, 0.25) is 0 Å². The van der Waals surface area contributed by atoms with E-state index in [9.17, 15) is 4.79 Å². The van der Waals surface area contributed by atoms with E-state index in [0.717, 1.165) is 34.4 Å². The van der Waals surface area contributed by atoms with Crippen LogP contribution in [0.1, 0.15) is 28.2 Å². The molecule has 0 aliphatic carbocycles. The molecule has 3 rings (SSSR count). The Morgan fingerprint density at radius 2 is 2.00 bits per heavy atom. The molecule has 0 atom stereocenters. The van der Waals surface area contributed by atoms with Crippen molar-refractivity contribution >= 4 is 21.8 Å². The number of aryl methyl sites for hydroxylation is 3. The van der Waals surface area contributed by atoms with Gasteiger partial charge in [0.15, 0.2) is 6.73 Å². The second-order valence-corrected chi connectivity index (χ2v) is 7.07. The summed E-state index contributed by atoms with van der Waals surface area (Å²) in [5, 5.41) is 11.5. The summed E-state index contributed by atoms with van der Waals surface area (Å²) in [4.78, 5) is 12.2. The van der Waals surface area contributed by atoms with Gasteiger partial charge in [0.2, 0.25) is 0 Å². The predicted molar refractivity (Wildman–Crippen MR) is 106 cm³/mol. The molecule has 0 saturated carbocycles. The van der Waals surface area contributed by atoms with E-state index in [1.807, 2.05) is 49.0 Å². The molecule has 0 radical (unpaired) electrons. The molecule has 1 amide bonds. The number of carbonyl (C=O) groups excluding carboxylic acids is 1. The van der Waals surface area contributed by atoms with Gasteiger partial charge in [-0.1, -0.05) is 18.2 Å². The fourth-order valence-electron chi connectivity index (χ4n) is 2.55. The molecule has 0 saturated heterocycles. The van der Waals surface area contributed by atoms with Crippen molar-refractivity contribution in [3.8, 4) is 5.75 Å². The molecule has 2 aromatic heterocycles. The normalized spacial score (nSPS) is 10.8. The van der Waals surface area contributed by atoms with Crippen molar-refractivity contribution in [2.24, 2.45) is 0 Å². The number of hydrogen-bond acceptors (Lipinski definition) is 4. The first-order valence-electron chi connectivity index (χ1n) is 8.72. The third-order valence-electron chi connectivity index (χ3n) is 4.06. The fourth-order valence-corrected chi connectivity index (χ4v) is 2.87. The molecule has 2 heterocycles. The van der Waals surface area contributed by atoms with Gasteiger partial charge in [0.1, 0.15) is 11.4 Å². The zero-order valence-corrected chi connectivity index (χ0v) is 16.9. The third kappa shape index (κ3) is 5.19. The molecular formula is C19H22BrN5O2. The zero-order valence-electron chi connectivity index (χ0n) is 15.4. The van der Waals surface area contributed by atoms with Crippen LogP contribution < -0.4 is 10.1 Å². The van der Waals surface area contributed by atoms with Gasteiger partial charge in [-0.2, -0.15) is 10.2 Å². The Labute approximate surface area is 166 Å². The lowest BCUT2D eigenvalue weighted by atomic mass is 10.2. The predicted octanol–water partition coefficient (Wildman–Crippen LogP) is 3.32. The van der Waals surface area contributed by atoms with Crippen LogP contribution in [0.15, 0.2) is 47.2 Å². The van der Waals surface area contributed by atoms with Crippen LogP contribution >= 0.6 is 15.9 Å². The van der Waals surface area contributed by atoms with E-state index < -0.39 is 0 Å². The van der Waals surface area contributed by atoms with E-state index in [4.69, 9.17) is 4.74 Å². The lowest BCUT2D eigenvalue weighted by Gasteiger charge is -2.08. The number of benzene rings is 1. The van der Waals surface area contributed by atoms with Crippen LogP contribution in [0.5, 0.6) is 5.75 Å². The molecule has 3 aromatic rings. The number of hydrogen-bond donors (Lipinski definition) is 1. The standard InChI is InChI=1S/C19H22BrN5O2/c1-14-6-3-4-7-18(14)27-13-25-11-8-17(23-25)19(26)21-9-5-10-24-12-16(20)15(2)22-24/h3-4,6-8,11-12H,5,9-10,13H2,1-2H3,(H,21,26). The average molecular weight is 432 g/mol. The topological polar surface area (TPSA) is 74.0 Å². The number of halogens is 1. The molecule has 1 N–H and O–H groups in total. The Kier molecular flexibility index (Phi) is 6.28. The van der Waals surface area contributed by atoms with Gasteiger partial charge in [-0.25, -0.2) is 4.68 Å². The number of nitrogens with one attached hydrogen (secondary N) is 1. The smallest absolute Gasteiger partial charge is 0.271 e. The maximum atomic E-state index is 12.2. The van der Waals surface area contributed by atoms with Gasteiger partial charge in [-0.15, -0.1) is 0 Å². The molecule has 0 fully saturated rings. The summed E-state index contributed by atoms with van der Waals surface area (Å²) in [6, 6.07) is 9.47. The van der Waals surface area contributed by atoms with Crippen LogP contribution in [-0.4, -0.2) is 32.0 Å². The highest BCUT2D eigenvalue weighted by Gasteiger charge is 2.09. The second-order valence-electron chi connectivity index (χ2n) is 6.21. The molecular weight excluding hydrogens is 410 g/mol. The van der Waals surface area contributed by atoms with E-state index in [1.54, 1.807) is 16.9 Å². The minimum atomic E-state index is -0.192. The Morgan fingerprint density at radius 3 is 2.74 bits per heavy atom. The van der Waals surface area contributed by atoms with Crippen LogP contribution in [-0.2, 0) is 13.3 Å². The summed E-state index contributed by atoms with van der Waals surface area (Å²) < 4.78 is 10.2. The van der Waals surface area contributed by atoms with E-state index >= 15 is 0 Å². The highest BCUT2D eigenvalue weighted by Crippen LogP contribution is 2.16. The molecule has 1 aromatic carbocycles. The van der Waals surface area contributed by atoms with Gasteiger partial charge in [0.25, 0.3) is 5.91 Å². The van der Waals surface area contributed by atoms with E-state index in [0.29, 0.717) is 12.2 Å². The first-order chi connectivity index (χ1) is 13.0. The minimum Gasteiger partial charge on any atom is -0.471 e. The number of rotatable bonds is 8. The molecule has 8 heteroatoms. The number of aromatic nitrogens is 4. The zero-order chi connectivity index (χ0) is 19.2. The summed E-state index contributed by atoms with van der Waals surface area (Å²) in [5.41, 5.74) is 2.39. The first-order valence-corrected chi connectivity index (χ1v) is 9.52. The molecule has 0 aliphatic rings. The number of amides is 1. The summed E-state index contributed by atoms with van der Waals surface area (Å²) in [5.74, 6) is 0.613. The van der Waals surface area contributed by atoms with Crippen molar-refractivity contribution in [3.05, 3.63) is 64.1 Å². The van der Waals surface area contributed by atoms with Gasteiger partial charge in [0.05, 0.1) is 10.2 Å². The average Bonchev–Trinajstić information content (AvgIpc) is 3.25. The van der Waals surface area contributed by atoms with Gasteiger partial charge < -0.3 is 10.1 Å². The molecule has 7 nitrogen and oxygen atoms in total. The number of nitrogens with zero attached hydrogens (tertiary/aromatic N) is 4. The molecule has 0 bridgehead atoms. The van der Waals surface area contributed by atoms with Crippen LogP contribution in [0, 0.1) is 13.8 Å². The molecule has 142 valence electrons. The summed E-state index contributed by atoms with van der Waals surface area (Å²) >= 11 is 3.44. The summed E-state index contributed by atoms with van der Waals surface area (Å²) in [6.07, 6.45) is 4.46. The van der Waals surface area contributed by atoms with Crippen LogP contribution in [0.3, 0.4) is 0 Å². The minimum absolute atomic E-state index is 0.192. The van der Waals surface area contributed by atoms with Crippen molar-refractivity contribution in [3.63, 3.8) is 0 Å². The van der Waals surface area contributed by atoms with E-state index in [2.05, 4.69) is 31.4 Å². The fraction of sp³-hybridized carbons (Fsp3) is 0.316. The van der Waals surface area contributed by atoms with Gasteiger partial charge in [-0.05, 0) is 53.9 Å². The molecule has 0 aliphatic heterocycles. The van der Waals surface area contributed by atoms with Gasteiger partial charge in [-0.3, -0.25) is 9.48 Å². The highest BCUT2D eigenvalue weighted by molar-refractivity contribution is 9.10. The molecule has 0 spiro atoms. The molecule has 27 heavy (non-hydrogen) atoms. The Bertz CT molecular complexity index is 899. The van der Waals surface area contributed by atoms with Gasteiger partial charge >= 0.3 is 0 Å². The Morgan fingerprint density at radius 1 is 1.19 bits per heavy atom. The van der Waals surface area contributed by atoms with Crippen molar-refractivity contribution in [1.29, 1.82) is 0 Å². The maximum absolute atomic E-state index is 12.2. The lowest BCUT2D eigenvalue weighted by molar-refractivity contribution is 0.0945. The van der Waals surface area contributed by atoms with Crippen molar-refractivity contribution < 1.29 is 9.53 Å². The van der Waals surface area contributed by atoms with E-state index in [1.165, 1.54) is 0 Å². The SMILES string of the molecule is Cc1ccccc1OCn1ccc(C(=O)NCCCn2cc(Br)c(C)n2)n1. The number of carbonyl (C=O) groups is 1. The van der Waals surface area contributed by atoms with Crippen LogP contribution in [0.25, 0.3) is 0 Å². The van der Waals surface area contributed by atoms with Gasteiger partial charge in [0, 0.05) is 25.5 Å². The Balaban J connectivity index is 1.43. The van der Waals surface area contributed by atoms with Crippen molar-refractivity contribution in [2.75, 3.05) is 6.54 Å². The Hall–Kier alpha value is -2.61. The molecule has 0 unspecified atom stereocenters. The van der Waals surface area contributed by atoms with E-state index in [-0.39, 0.29) is 12.6 Å². The largest absolute Gasteiger partial charge is 0.471 e. The van der Waals surface area contributed by atoms with Crippen molar-refractivity contribution in [2.45, 2.75) is 33.5 Å². The monoisotopic (exact) mass is 431 g/mol. The maximum Gasteiger partial charge on any atom is 0.271 e. The second kappa shape index (κ2) is 8.85. The lowest BCUT2D eigenvalue weighted by Crippen LogP contribution is -2.26.